The molecule has 0 unspecified atom stereocenters. The molecule has 0 radical (unpaired) electrons. The highest BCUT2D eigenvalue weighted by Crippen LogP contribution is 2.36. The van der Waals surface area contributed by atoms with Gasteiger partial charge < -0.3 is 9.64 Å². The molecule has 2 aliphatic rings. The quantitative estimate of drug-likeness (QED) is 0.706. The maximum Gasteiger partial charge on any atom is 0.325 e. The van der Waals surface area contributed by atoms with E-state index in [0.29, 0.717) is 29.2 Å². The average molecular weight is 411 g/mol. The number of amides is 2. The molecule has 2 atom stereocenters. The van der Waals surface area contributed by atoms with Crippen molar-refractivity contribution in [2.45, 2.75) is 25.6 Å². The molecule has 2 saturated heterocycles. The average Bonchev–Trinajstić information content (AvgIpc) is 3.13. The van der Waals surface area contributed by atoms with Gasteiger partial charge in [-0.2, -0.15) is 5.26 Å². The maximum absolute atomic E-state index is 13.3. The van der Waals surface area contributed by atoms with Crippen LogP contribution in [0.5, 0.6) is 5.75 Å². The second kappa shape index (κ2) is 7.41. The minimum Gasteiger partial charge on any atom is -0.494 e. The topological polar surface area (TPSA) is 90.7 Å². The van der Waals surface area contributed by atoms with Crippen LogP contribution in [0.15, 0.2) is 48.5 Å². The van der Waals surface area contributed by atoms with E-state index >= 15 is 0 Å². The standard InChI is InChI=1S/C21H21N3O4S/c1-2-28-18-9-7-17(8-10-18)24-20-14-29(26,27)13-19(20)23(21(24)25)12-16-6-4-3-5-15(16)11-22/h3-10,19-20H,2,12-14H2,1H3/t19-,20+/m1/s1. The van der Waals surface area contributed by atoms with Crippen molar-refractivity contribution >= 4 is 21.6 Å². The highest BCUT2D eigenvalue weighted by molar-refractivity contribution is 7.91. The van der Waals surface area contributed by atoms with Crippen LogP contribution in [0.1, 0.15) is 18.1 Å². The Hall–Kier alpha value is -3.05. The number of sulfone groups is 1. The number of anilines is 1. The number of carbonyl (C=O) groups is 1. The third-order valence-electron chi connectivity index (χ3n) is 5.38. The Labute approximate surface area is 170 Å². The van der Waals surface area contributed by atoms with Crippen LogP contribution in [0.25, 0.3) is 0 Å². The first kappa shape index (κ1) is 19.3. The molecule has 0 saturated carbocycles. The number of hydrogen-bond donors (Lipinski definition) is 0. The Morgan fingerprint density at radius 3 is 2.48 bits per heavy atom. The summed E-state index contributed by atoms with van der Waals surface area (Å²) in [5, 5.41) is 9.36. The molecule has 2 aromatic carbocycles. The van der Waals surface area contributed by atoms with Gasteiger partial charge in [-0.1, -0.05) is 18.2 Å². The lowest BCUT2D eigenvalue weighted by Crippen LogP contribution is -2.37. The van der Waals surface area contributed by atoms with E-state index in [1.807, 2.05) is 13.0 Å². The molecular weight excluding hydrogens is 390 g/mol. The van der Waals surface area contributed by atoms with Crippen molar-refractivity contribution in [3.05, 3.63) is 59.7 Å². The Bertz CT molecular complexity index is 1080. The summed E-state index contributed by atoms with van der Waals surface area (Å²) in [5.41, 5.74) is 1.83. The zero-order chi connectivity index (χ0) is 20.6. The molecule has 2 fully saturated rings. The van der Waals surface area contributed by atoms with Gasteiger partial charge in [-0.05, 0) is 42.8 Å². The van der Waals surface area contributed by atoms with Crippen LogP contribution < -0.4 is 9.64 Å². The van der Waals surface area contributed by atoms with E-state index in [-0.39, 0.29) is 24.1 Å². The van der Waals surface area contributed by atoms with Crippen LogP contribution in [-0.4, -0.2) is 49.5 Å². The molecule has 2 aromatic rings. The predicted octanol–water partition coefficient (Wildman–Crippen LogP) is 2.56. The van der Waals surface area contributed by atoms with E-state index in [9.17, 15) is 18.5 Å². The second-order valence-corrected chi connectivity index (χ2v) is 9.34. The Morgan fingerprint density at radius 2 is 1.79 bits per heavy atom. The lowest BCUT2D eigenvalue weighted by Gasteiger charge is -2.23. The van der Waals surface area contributed by atoms with Gasteiger partial charge in [-0.15, -0.1) is 0 Å². The van der Waals surface area contributed by atoms with Gasteiger partial charge in [0, 0.05) is 12.2 Å². The van der Waals surface area contributed by atoms with E-state index in [4.69, 9.17) is 4.74 Å². The summed E-state index contributed by atoms with van der Waals surface area (Å²) >= 11 is 0. The van der Waals surface area contributed by atoms with Gasteiger partial charge in [0.05, 0.1) is 41.8 Å². The van der Waals surface area contributed by atoms with Crippen molar-refractivity contribution in [1.29, 1.82) is 5.26 Å². The van der Waals surface area contributed by atoms with E-state index in [2.05, 4.69) is 6.07 Å². The number of urea groups is 1. The smallest absolute Gasteiger partial charge is 0.325 e. The Kier molecular flexibility index (Phi) is 4.92. The fourth-order valence-corrected chi connectivity index (χ4v) is 6.03. The third-order valence-corrected chi connectivity index (χ3v) is 7.08. The minimum atomic E-state index is -3.25. The zero-order valence-electron chi connectivity index (χ0n) is 16.0. The van der Waals surface area contributed by atoms with E-state index < -0.39 is 21.9 Å². The molecule has 2 heterocycles. The van der Waals surface area contributed by atoms with Crippen LogP contribution >= 0.6 is 0 Å². The normalized spacial score (nSPS) is 22.4. The van der Waals surface area contributed by atoms with Crippen molar-refractivity contribution < 1.29 is 17.9 Å². The molecular formula is C21H21N3O4S. The first-order chi connectivity index (χ1) is 13.9. The monoisotopic (exact) mass is 411 g/mol. The molecule has 0 aliphatic carbocycles. The number of hydrogen-bond acceptors (Lipinski definition) is 5. The van der Waals surface area contributed by atoms with E-state index in [1.165, 1.54) is 0 Å². The number of fused-ring (bicyclic) bond motifs is 1. The molecule has 0 bridgehead atoms. The van der Waals surface area contributed by atoms with Crippen molar-refractivity contribution in [3.63, 3.8) is 0 Å². The molecule has 0 spiro atoms. The molecule has 7 nitrogen and oxygen atoms in total. The van der Waals surface area contributed by atoms with Crippen molar-refractivity contribution in [2.75, 3.05) is 23.0 Å². The van der Waals surface area contributed by atoms with Crippen LogP contribution in [0.2, 0.25) is 0 Å². The first-order valence-electron chi connectivity index (χ1n) is 9.44. The summed E-state index contributed by atoms with van der Waals surface area (Å²) in [6, 6.07) is 15.2. The molecule has 0 N–H and O–H groups in total. The number of ether oxygens (including phenoxy) is 1. The molecule has 0 aromatic heterocycles. The van der Waals surface area contributed by atoms with Crippen LogP contribution in [-0.2, 0) is 16.4 Å². The lowest BCUT2D eigenvalue weighted by atomic mass is 10.1. The molecule has 29 heavy (non-hydrogen) atoms. The van der Waals surface area contributed by atoms with Gasteiger partial charge in [0.15, 0.2) is 9.84 Å². The first-order valence-corrected chi connectivity index (χ1v) is 11.3. The Balaban J connectivity index is 1.68. The van der Waals surface area contributed by atoms with Gasteiger partial charge in [0.2, 0.25) is 0 Å². The van der Waals surface area contributed by atoms with Gasteiger partial charge in [0.25, 0.3) is 0 Å². The van der Waals surface area contributed by atoms with Crippen molar-refractivity contribution in [1.82, 2.24) is 4.90 Å². The third kappa shape index (κ3) is 3.54. The number of nitriles is 1. The summed E-state index contributed by atoms with van der Waals surface area (Å²) in [7, 11) is -3.25. The second-order valence-electron chi connectivity index (χ2n) is 7.19. The summed E-state index contributed by atoms with van der Waals surface area (Å²) < 4.78 is 30.2. The number of benzene rings is 2. The molecule has 8 heteroatoms. The SMILES string of the molecule is CCOc1ccc(N2C(=O)N(Cc3ccccc3C#N)[C@@H]3CS(=O)(=O)C[C@@H]32)cc1. The summed E-state index contributed by atoms with van der Waals surface area (Å²) in [5.74, 6) is 0.567. The lowest BCUT2D eigenvalue weighted by molar-refractivity contribution is 0.206. The predicted molar refractivity (Wildman–Crippen MR) is 108 cm³/mol. The number of rotatable bonds is 5. The van der Waals surface area contributed by atoms with Gasteiger partial charge in [0.1, 0.15) is 5.75 Å². The summed E-state index contributed by atoms with van der Waals surface area (Å²) in [6.07, 6.45) is 0. The van der Waals surface area contributed by atoms with Crippen molar-refractivity contribution in [3.8, 4) is 11.8 Å². The number of carbonyl (C=O) groups excluding carboxylic acids is 1. The highest BCUT2D eigenvalue weighted by atomic mass is 32.2. The van der Waals surface area contributed by atoms with Gasteiger partial charge >= 0.3 is 6.03 Å². The molecule has 2 amide bonds. The summed E-state index contributed by atoms with van der Waals surface area (Å²) in [6.45, 7) is 2.63. The molecule has 2 aliphatic heterocycles. The fourth-order valence-electron chi connectivity index (χ4n) is 4.08. The fraction of sp³-hybridized carbons (Fsp3) is 0.333. The van der Waals surface area contributed by atoms with E-state index in [1.54, 1.807) is 52.3 Å². The zero-order valence-corrected chi connectivity index (χ0v) is 16.8. The summed E-state index contributed by atoms with van der Waals surface area (Å²) in [4.78, 5) is 16.4. The van der Waals surface area contributed by atoms with Crippen molar-refractivity contribution in [2.24, 2.45) is 0 Å². The maximum atomic E-state index is 13.3. The number of nitrogens with zero attached hydrogens (tertiary/aromatic N) is 3. The van der Waals surface area contributed by atoms with Crippen LogP contribution in [0, 0.1) is 11.3 Å². The largest absolute Gasteiger partial charge is 0.494 e. The minimum absolute atomic E-state index is 0.0625. The Morgan fingerprint density at radius 1 is 1.10 bits per heavy atom. The van der Waals surface area contributed by atoms with E-state index in [0.717, 1.165) is 0 Å². The van der Waals surface area contributed by atoms with Gasteiger partial charge in [-0.25, -0.2) is 13.2 Å². The highest BCUT2D eigenvalue weighted by Gasteiger charge is 2.53. The van der Waals surface area contributed by atoms with Crippen LogP contribution in [0.4, 0.5) is 10.5 Å². The molecule has 150 valence electrons. The van der Waals surface area contributed by atoms with Crippen LogP contribution in [0.3, 0.4) is 0 Å². The molecule has 4 rings (SSSR count). The van der Waals surface area contributed by atoms with Gasteiger partial charge in [-0.3, -0.25) is 4.90 Å².